The van der Waals surface area contributed by atoms with Crippen LogP contribution in [0.2, 0.25) is 0 Å². The molecule has 0 aromatic heterocycles. The zero-order valence-corrected chi connectivity index (χ0v) is 6.40. The van der Waals surface area contributed by atoms with Crippen LogP contribution >= 0.6 is 11.6 Å². The smallest absolute Gasteiger partial charge is 0.0336 e. The van der Waals surface area contributed by atoms with Gasteiger partial charge >= 0.3 is 0 Å². The topological polar surface area (TPSA) is 26.0 Å². The molecule has 0 amide bonds. The molecule has 0 bridgehead atoms. The molecule has 1 aliphatic carbocycles. The molecule has 0 radical (unpaired) electrons. The third-order valence-corrected chi connectivity index (χ3v) is 2.55. The average Bonchev–Trinajstić information content (AvgIpc) is 1.90. The van der Waals surface area contributed by atoms with Gasteiger partial charge in [0.15, 0.2) is 0 Å². The molecular weight excluding hydrogens is 134 g/mol. The van der Waals surface area contributed by atoms with Gasteiger partial charge in [0.05, 0.1) is 0 Å². The molecule has 0 atom stereocenters. The Balaban J connectivity index is 2.18. The lowest BCUT2D eigenvalue weighted by Crippen LogP contribution is -2.21. The minimum absolute atomic E-state index is 0.438. The van der Waals surface area contributed by atoms with E-state index < -0.39 is 0 Å². The molecule has 0 saturated heterocycles. The van der Waals surface area contributed by atoms with Gasteiger partial charge in [-0.25, -0.2) is 0 Å². The highest BCUT2D eigenvalue weighted by Gasteiger charge is 2.17. The summed E-state index contributed by atoms with van der Waals surface area (Å²) in [7, 11) is 0. The molecule has 0 aliphatic heterocycles. The SMILES string of the molecule is NCC1CCC(Cl)CC1. The number of halogens is 1. The van der Waals surface area contributed by atoms with Crippen molar-refractivity contribution in [2.45, 2.75) is 31.1 Å². The summed E-state index contributed by atoms with van der Waals surface area (Å²) in [6, 6.07) is 0. The van der Waals surface area contributed by atoms with Gasteiger partial charge in [0.1, 0.15) is 0 Å². The molecular formula is C7H14ClN. The predicted octanol–water partition coefficient (Wildman–Crippen LogP) is 1.74. The Labute approximate surface area is 61.6 Å². The van der Waals surface area contributed by atoms with Crippen LogP contribution in [0.25, 0.3) is 0 Å². The molecule has 9 heavy (non-hydrogen) atoms. The summed E-state index contributed by atoms with van der Waals surface area (Å²) in [5, 5.41) is 0.438. The first kappa shape index (κ1) is 7.36. The molecule has 54 valence electrons. The lowest BCUT2D eigenvalue weighted by Gasteiger charge is -2.23. The van der Waals surface area contributed by atoms with Crippen LogP contribution in [0.5, 0.6) is 0 Å². The molecule has 1 fully saturated rings. The zero-order valence-electron chi connectivity index (χ0n) is 5.65. The van der Waals surface area contributed by atoms with E-state index >= 15 is 0 Å². The third kappa shape index (κ3) is 2.15. The fourth-order valence-electron chi connectivity index (χ4n) is 1.36. The van der Waals surface area contributed by atoms with Crippen molar-refractivity contribution in [2.24, 2.45) is 11.7 Å². The summed E-state index contributed by atoms with van der Waals surface area (Å²) in [5.41, 5.74) is 5.51. The van der Waals surface area contributed by atoms with E-state index in [1.165, 1.54) is 25.7 Å². The van der Waals surface area contributed by atoms with Crippen LogP contribution in [0.4, 0.5) is 0 Å². The monoisotopic (exact) mass is 147 g/mol. The highest BCUT2D eigenvalue weighted by molar-refractivity contribution is 6.20. The molecule has 2 N–H and O–H groups in total. The third-order valence-electron chi connectivity index (χ3n) is 2.11. The first-order valence-corrected chi connectivity index (χ1v) is 4.10. The number of alkyl halides is 1. The van der Waals surface area contributed by atoms with Crippen molar-refractivity contribution < 1.29 is 0 Å². The Morgan fingerprint density at radius 1 is 1.22 bits per heavy atom. The second-order valence-corrected chi connectivity index (χ2v) is 3.47. The maximum absolute atomic E-state index is 5.90. The summed E-state index contributed by atoms with van der Waals surface area (Å²) in [5.74, 6) is 0.764. The van der Waals surface area contributed by atoms with Crippen molar-refractivity contribution in [1.29, 1.82) is 0 Å². The Kier molecular flexibility index (Phi) is 2.80. The Hall–Kier alpha value is 0.250. The van der Waals surface area contributed by atoms with Crippen LogP contribution in [0.15, 0.2) is 0 Å². The van der Waals surface area contributed by atoms with Gasteiger partial charge < -0.3 is 5.73 Å². The standard InChI is InChI=1S/C7H14ClN/c8-7-3-1-6(5-9)2-4-7/h6-7H,1-5,9H2. The van der Waals surface area contributed by atoms with Crippen molar-refractivity contribution in [3.8, 4) is 0 Å². The Bertz CT molecular complexity index is 77.0. The van der Waals surface area contributed by atoms with Crippen LogP contribution in [-0.2, 0) is 0 Å². The van der Waals surface area contributed by atoms with Crippen LogP contribution < -0.4 is 5.73 Å². The van der Waals surface area contributed by atoms with Gasteiger partial charge in [0, 0.05) is 5.38 Å². The normalized spacial score (nSPS) is 36.7. The van der Waals surface area contributed by atoms with Gasteiger partial charge in [-0.1, -0.05) is 0 Å². The fourth-order valence-corrected chi connectivity index (χ4v) is 1.61. The summed E-state index contributed by atoms with van der Waals surface area (Å²) in [4.78, 5) is 0. The van der Waals surface area contributed by atoms with Gasteiger partial charge in [-0.3, -0.25) is 0 Å². The van der Waals surface area contributed by atoms with Crippen molar-refractivity contribution in [3.05, 3.63) is 0 Å². The van der Waals surface area contributed by atoms with Gasteiger partial charge in [0.2, 0.25) is 0 Å². The summed E-state index contributed by atoms with van der Waals surface area (Å²) in [6.45, 7) is 0.851. The molecule has 2 heteroatoms. The van der Waals surface area contributed by atoms with Gasteiger partial charge in [-0.15, -0.1) is 11.6 Å². The summed E-state index contributed by atoms with van der Waals surface area (Å²) < 4.78 is 0. The second kappa shape index (κ2) is 3.43. The lowest BCUT2D eigenvalue weighted by atomic mass is 9.89. The first-order chi connectivity index (χ1) is 4.33. The highest BCUT2D eigenvalue weighted by Crippen LogP contribution is 2.26. The lowest BCUT2D eigenvalue weighted by molar-refractivity contribution is 0.370. The second-order valence-electron chi connectivity index (χ2n) is 2.85. The molecule has 1 rings (SSSR count). The van der Waals surface area contributed by atoms with E-state index in [2.05, 4.69) is 0 Å². The average molecular weight is 148 g/mol. The van der Waals surface area contributed by atoms with Crippen LogP contribution in [0, 0.1) is 5.92 Å². The van der Waals surface area contributed by atoms with E-state index in [9.17, 15) is 0 Å². The van der Waals surface area contributed by atoms with E-state index in [-0.39, 0.29) is 0 Å². The van der Waals surface area contributed by atoms with E-state index in [1.807, 2.05) is 0 Å². The summed E-state index contributed by atoms with van der Waals surface area (Å²) >= 11 is 5.90. The van der Waals surface area contributed by atoms with Crippen molar-refractivity contribution in [2.75, 3.05) is 6.54 Å². The number of hydrogen-bond acceptors (Lipinski definition) is 1. The first-order valence-electron chi connectivity index (χ1n) is 3.67. The van der Waals surface area contributed by atoms with Crippen LogP contribution in [0.1, 0.15) is 25.7 Å². The molecule has 0 heterocycles. The Morgan fingerprint density at radius 3 is 2.22 bits per heavy atom. The highest BCUT2D eigenvalue weighted by atomic mass is 35.5. The predicted molar refractivity (Wildman–Crippen MR) is 40.7 cm³/mol. The van der Waals surface area contributed by atoms with Crippen molar-refractivity contribution in [1.82, 2.24) is 0 Å². The minimum atomic E-state index is 0.438. The van der Waals surface area contributed by atoms with Crippen molar-refractivity contribution >= 4 is 11.6 Å². The molecule has 0 spiro atoms. The molecule has 0 aromatic carbocycles. The largest absolute Gasteiger partial charge is 0.330 e. The number of rotatable bonds is 1. The van der Waals surface area contributed by atoms with Gasteiger partial charge in [-0.05, 0) is 38.1 Å². The zero-order chi connectivity index (χ0) is 6.69. The van der Waals surface area contributed by atoms with E-state index in [4.69, 9.17) is 17.3 Å². The molecule has 0 aromatic rings. The number of nitrogens with two attached hydrogens (primary N) is 1. The van der Waals surface area contributed by atoms with Gasteiger partial charge in [0.25, 0.3) is 0 Å². The fraction of sp³-hybridized carbons (Fsp3) is 1.00. The molecule has 1 aliphatic rings. The summed E-state index contributed by atoms with van der Waals surface area (Å²) in [6.07, 6.45) is 4.82. The van der Waals surface area contributed by atoms with E-state index in [0.717, 1.165) is 12.5 Å². The molecule has 1 saturated carbocycles. The molecule has 1 nitrogen and oxygen atoms in total. The maximum Gasteiger partial charge on any atom is 0.0336 e. The van der Waals surface area contributed by atoms with E-state index in [1.54, 1.807) is 0 Å². The Morgan fingerprint density at radius 2 is 1.78 bits per heavy atom. The molecule has 0 unspecified atom stereocenters. The minimum Gasteiger partial charge on any atom is -0.330 e. The quantitative estimate of drug-likeness (QED) is 0.562. The maximum atomic E-state index is 5.90. The van der Waals surface area contributed by atoms with Crippen LogP contribution in [0.3, 0.4) is 0 Å². The van der Waals surface area contributed by atoms with E-state index in [0.29, 0.717) is 5.38 Å². The van der Waals surface area contributed by atoms with Crippen LogP contribution in [-0.4, -0.2) is 11.9 Å². The van der Waals surface area contributed by atoms with Crippen molar-refractivity contribution in [3.63, 3.8) is 0 Å². The van der Waals surface area contributed by atoms with Gasteiger partial charge in [-0.2, -0.15) is 0 Å². The number of hydrogen-bond donors (Lipinski definition) is 1.